The summed E-state index contributed by atoms with van der Waals surface area (Å²) in [5.74, 6) is 1.82. The first-order chi connectivity index (χ1) is 15.6. The number of rotatable bonds is 9. The van der Waals surface area contributed by atoms with Gasteiger partial charge in [0.15, 0.2) is 0 Å². The molecule has 9 heteroatoms. The zero-order chi connectivity index (χ0) is 22.3. The minimum atomic E-state index is -0.426. The molecule has 1 saturated heterocycles. The van der Waals surface area contributed by atoms with E-state index in [0.29, 0.717) is 24.1 Å². The first kappa shape index (κ1) is 21.5. The minimum Gasteiger partial charge on any atom is -0.492 e. The van der Waals surface area contributed by atoms with Crippen LogP contribution in [0.25, 0.3) is 0 Å². The van der Waals surface area contributed by atoms with Gasteiger partial charge in [-0.05, 0) is 63.2 Å². The average molecular weight is 435 g/mol. The van der Waals surface area contributed by atoms with E-state index >= 15 is 0 Å². The smallest absolute Gasteiger partial charge is 0.271 e. The molecule has 2 aromatic carbocycles. The number of likely N-dealkylation sites (tertiary alicyclic amines) is 1. The van der Waals surface area contributed by atoms with Gasteiger partial charge in [0, 0.05) is 41.8 Å². The lowest BCUT2D eigenvalue weighted by atomic mass is 10.2. The summed E-state index contributed by atoms with van der Waals surface area (Å²) in [5.41, 5.74) is 2.26. The number of anilines is 4. The van der Waals surface area contributed by atoms with Crippen molar-refractivity contribution in [3.05, 3.63) is 70.4 Å². The highest BCUT2D eigenvalue weighted by Gasteiger charge is 2.11. The summed E-state index contributed by atoms with van der Waals surface area (Å²) in [6.07, 6.45) is 4.26. The Morgan fingerprint density at radius 3 is 2.62 bits per heavy atom. The van der Waals surface area contributed by atoms with E-state index in [1.54, 1.807) is 18.3 Å². The van der Waals surface area contributed by atoms with Crippen molar-refractivity contribution in [3.8, 4) is 5.75 Å². The van der Waals surface area contributed by atoms with E-state index < -0.39 is 4.92 Å². The summed E-state index contributed by atoms with van der Waals surface area (Å²) in [6, 6.07) is 14.0. The van der Waals surface area contributed by atoms with Gasteiger partial charge in [-0.25, -0.2) is 4.98 Å². The normalized spacial score (nSPS) is 13.7. The predicted molar refractivity (Wildman–Crippen MR) is 124 cm³/mol. The molecular weight excluding hydrogens is 408 g/mol. The molecule has 0 atom stereocenters. The van der Waals surface area contributed by atoms with Crippen LogP contribution < -0.4 is 15.4 Å². The molecule has 0 unspecified atom stereocenters. The molecular formula is C23H26N6O3. The molecule has 9 nitrogen and oxygen atoms in total. The number of aromatic nitrogens is 2. The lowest BCUT2D eigenvalue weighted by Crippen LogP contribution is -2.25. The highest BCUT2D eigenvalue weighted by atomic mass is 16.6. The monoisotopic (exact) mass is 434 g/mol. The summed E-state index contributed by atoms with van der Waals surface area (Å²) >= 11 is 0. The van der Waals surface area contributed by atoms with Gasteiger partial charge in [-0.15, -0.1) is 0 Å². The van der Waals surface area contributed by atoms with E-state index in [2.05, 4.69) is 25.5 Å². The quantitative estimate of drug-likeness (QED) is 0.370. The van der Waals surface area contributed by atoms with Crippen molar-refractivity contribution in [1.82, 2.24) is 14.9 Å². The number of nitro groups is 1. The van der Waals surface area contributed by atoms with E-state index in [1.807, 2.05) is 31.2 Å². The molecule has 2 heterocycles. The van der Waals surface area contributed by atoms with Crippen molar-refractivity contribution in [2.24, 2.45) is 0 Å². The number of nitro benzene ring substituents is 1. The maximum Gasteiger partial charge on any atom is 0.271 e. The summed E-state index contributed by atoms with van der Waals surface area (Å²) in [4.78, 5) is 21.8. The Kier molecular flexibility index (Phi) is 6.76. The third-order valence-electron chi connectivity index (χ3n) is 5.28. The number of aryl methyl sites for hydroxylation is 1. The molecule has 1 aliphatic rings. The van der Waals surface area contributed by atoms with Crippen LogP contribution in [0.2, 0.25) is 0 Å². The lowest BCUT2D eigenvalue weighted by molar-refractivity contribution is -0.384. The number of nitrogens with zero attached hydrogens (tertiary/aromatic N) is 4. The van der Waals surface area contributed by atoms with Gasteiger partial charge < -0.3 is 15.4 Å². The first-order valence-electron chi connectivity index (χ1n) is 10.6. The second-order valence-electron chi connectivity index (χ2n) is 7.70. The molecule has 0 aliphatic carbocycles. The molecule has 0 bridgehead atoms. The molecule has 4 rings (SSSR count). The van der Waals surface area contributed by atoms with Crippen molar-refractivity contribution in [2.75, 3.05) is 36.9 Å². The third-order valence-corrected chi connectivity index (χ3v) is 5.28. The SMILES string of the molecule is Cc1cnc(Nc2ccc(OCCN3CCCC3)cc2)nc1Nc1cccc([N+](=O)[O-])c1. The minimum absolute atomic E-state index is 0.0165. The van der Waals surface area contributed by atoms with E-state index in [4.69, 9.17) is 4.74 Å². The van der Waals surface area contributed by atoms with Crippen LogP contribution in [0.1, 0.15) is 18.4 Å². The largest absolute Gasteiger partial charge is 0.492 e. The van der Waals surface area contributed by atoms with Gasteiger partial charge in [0.25, 0.3) is 5.69 Å². The maximum atomic E-state index is 11.0. The average Bonchev–Trinajstić information content (AvgIpc) is 3.31. The van der Waals surface area contributed by atoms with Gasteiger partial charge in [0.05, 0.1) is 4.92 Å². The molecule has 0 amide bonds. The molecule has 1 aliphatic heterocycles. The van der Waals surface area contributed by atoms with Gasteiger partial charge in [0.2, 0.25) is 5.95 Å². The van der Waals surface area contributed by atoms with Crippen LogP contribution in [0.5, 0.6) is 5.75 Å². The zero-order valence-electron chi connectivity index (χ0n) is 18.0. The summed E-state index contributed by atoms with van der Waals surface area (Å²) in [7, 11) is 0. The Hall–Kier alpha value is -3.72. The lowest BCUT2D eigenvalue weighted by Gasteiger charge is -2.15. The fourth-order valence-corrected chi connectivity index (χ4v) is 3.53. The molecule has 166 valence electrons. The van der Waals surface area contributed by atoms with Crippen molar-refractivity contribution in [1.29, 1.82) is 0 Å². The second kappa shape index (κ2) is 10.1. The van der Waals surface area contributed by atoms with Crippen LogP contribution in [0.4, 0.5) is 28.8 Å². The van der Waals surface area contributed by atoms with E-state index in [1.165, 1.54) is 38.1 Å². The van der Waals surface area contributed by atoms with Crippen LogP contribution in [0.15, 0.2) is 54.7 Å². The van der Waals surface area contributed by atoms with Crippen LogP contribution in [0.3, 0.4) is 0 Å². The Morgan fingerprint density at radius 2 is 1.88 bits per heavy atom. The molecule has 3 aromatic rings. The van der Waals surface area contributed by atoms with Crippen molar-refractivity contribution < 1.29 is 9.66 Å². The molecule has 32 heavy (non-hydrogen) atoms. The number of hydrogen-bond acceptors (Lipinski definition) is 8. The van der Waals surface area contributed by atoms with E-state index in [0.717, 1.165) is 23.5 Å². The van der Waals surface area contributed by atoms with Crippen LogP contribution in [0, 0.1) is 17.0 Å². The Bertz CT molecular complexity index is 1070. The summed E-state index contributed by atoms with van der Waals surface area (Å²) in [5, 5.41) is 17.3. The highest BCUT2D eigenvalue weighted by Crippen LogP contribution is 2.24. The fourth-order valence-electron chi connectivity index (χ4n) is 3.53. The molecule has 0 spiro atoms. The van der Waals surface area contributed by atoms with Crippen LogP contribution in [-0.2, 0) is 0 Å². The van der Waals surface area contributed by atoms with Gasteiger partial charge >= 0.3 is 0 Å². The Morgan fingerprint density at radius 1 is 1.09 bits per heavy atom. The number of hydrogen-bond donors (Lipinski definition) is 2. The predicted octanol–water partition coefficient (Wildman–Crippen LogP) is 4.66. The van der Waals surface area contributed by atoms with Crippen molar-refractivity contribution in [3.63, 3.8) is 0 Å². The number of nitrogens with one attached hydrogen (secondary N) is 2. The standard InChI is InChI=1S/C23H26N6O3/c1-17-16-24-23(27-22(17)25-19-5-4-6-20(15-19)29(30)31)26-18-7-9-21(10-8-18)32-14-13-28-11-2-3-12-28/h4-10,15-16H,2-3,11-14H2,1H3,(H2,24,25,26,27). The third kappa shape index (κ3) is 5.70. The second-order valence-corrected chi connectivity index (χ2v) is 7.70. The Balaban J connectivity index is 1.37. The fraction of sp³-hybridized carbons (Fsp3) is 0.304. The van der Waals surface area contributed by atoms with E-state index in [9.17, 15) is 10.1 Å². The molecule has 0 radical (unpaired) electrons. The number of benzene rings is 2. The number of ether oxygens (including phenoxy) is 1. The zero-order valence-corrected chi connectivity index (χ0v) is 18.0. The van der Waals surface area contributed by atoms with Crippen LogP contribution >= 0.6 is 0 Å². The maximum absolute atomic E-state index is 11.0. The Labute approximate surface area is 186 Å². The summed E-state index contributed by atoms with van der Waals surface area (Å²) in [6.45, 7) is 5.84. The van der Waals surface area contributed by atoms with E-state index in [-0.39, 0.29) is 5.69 Å². The molecule has 0 saturated carbocycles. The number of non-ortho nitro benzene ring substituents is 1. The van der Waals surface area contributed by atoms with Gasteiger partial charge in [-0.2, -0.15) is 4.98 Å². The van der Waals surface area contributed by atoms with Crippen molar-refractivity contribution >= 4 is 28.8 Å². The topological polar surface area (TPSA) is 105 Å². The van der Waals surface area contributed by atoms with Crippen molar-refractivity contribution in [2.45, 2.75) is 19.8 Å². The van der Waals surface area contributed by atoms with Gasteiger partial charge in [-0.3, -0.25) is 15.0 Å². The van der Waals surface area contributed by atoms with Gasteiger partial charge in [0.1, 0.15) is 18.2 Å². The summed E-state index contributed by atoms with van der Waals surface area (Å²) < 4.78 is 5.84. The van der Waals surface area contributed by atoms with Crippen LogP contribution in [-0.4, -0.2) is 46.0 Å². The first-order valence-corrected chi connectivity index (χ1v) is 10.6. The van der Waals surface area contributed by atoms with Gasteiger partial charge in [-0.1, -0.05) is 6.07 Å². The highest BCUT2D eigenvalue weighted by molar-refractivity contribution is 5.64. The molecule has 2 N–H and O–H groups in total. The molecule has 1 aromatic heterocycles. The molecule has 1 fully saturated rings.